The first-order valence-electron chi connectivity index (χ1n) is 5.19. The Balaban J connectivity index is 0.000000281. The fourth-order valence-electron chi connectivity index (χ4n) is 0.966. The van der Waals surface area contributed by atoms with Crippen molar-refractivity contribution in [2.24, 2.45) is 0 Å². The predicted octanol–water partition coefficient (Wildman–Crippen LogP) is 4.86. The fourth-order valence-corrected chi connectivity index (χ4v) is 1.54. The molecule has 0 atom stereocenters. The second-order valence-corrected chi connectivity index (χ2v) is 4.97. The molecular weight excluding hydrogens is 336 g/mol. The van der Waals surface area contributed by atoms with Crippen molar-refractivity contribution in [2.75, 3.05) is 0 Å². The van der Waals surface area contributed by atoms with E-state index in [0.717, 1.165) is 28.2 Å². The second-order valence-electron chi connectivity index (χ2n) is 3.26. The molecule has 0 aromatic heterocycles. The molecule has 0 saturated carbocycles. The maximum absolute atomic E-state index is 9.87. The number of benzene rings is 1. The average molecular weight is 352 g/mol. The third-order valence-electron chi connectivity index (χ3n) is 1.82. The molecule has 0 aliphatic heterocycles. The lowest BCUT2D eigenvalue weighted by Crippen LogP contribution is -1.92. The number of rotatable bonds is 4. The second kappa shape index (κ2) is 9.85. The van der Waals surface area contributed by atoms with E-state index >= 15 is 0 Å². The van der Waals surface area contributed by atoms with Gasteiger partial charge in [-0.1, -0.05) is 31.9 Å². The first kappa shape index (κ1) is 15.7. The fraction of sp³-hybridized carbons (Fsp3) is 0.417. The third-order valence-corrected chi connectivity index (χ3v) is 3.73. The van der Waals surface area contributed by atoms with Gasteiger partial charge in [0, 0.05) is 15.4 Å². The predicted molar refractivity (Wildman–Crippen MR) is 73.6 cm³/mol. The van der Waals surface area contributed by atoms with E-state index in [9.17, 15) is 4.79 Å². The van der Waals surface area contributed by atoms with Crippen LogP contribution in [0.15, 0.2) is 33.2 Å². The summed E-state index contributed by atoms with van der Waals surface area (Å²) in [7, 11) is 0. The highest BCUT2D eigenvalue weighted by Gasteiger charge is 1.92. The summed E-state index contributed by atoms with van der Waals surface area (Å²) in [6, 6.07) is 7.94. The summed E-state index contributed by atoms with van der Waals surface area (Å²) in [4.78, 5) is 9.87. The van der Waals surface area contributed by atoms with Gasteiger partial charge in [-0.15, -0.1) is 0 Å². The number of hydrogen-bond donors (Lipinski definition) is 1. The van der Waals surface area contributed by atoms with Crippen molar-refractivity contribution < 1.29 is 9.90 Å². The minimum absolute atomic E-state index is 0.327. The molecule has 0 bridgehead atoms. The molecule has 0 radical (unpaired) electrons. The zero-order valence-corrected chi connectivity index (χ0v) is 12.4. The smallest absolute Gasteiger partial charge is 0.303 e. The van der Waals surface area contributed by atoms with Crippen LogP contribution < -0.4 is 0 Å². The molecule has 0 fully saturated rings. The summed E-state index contributed by atoms with van der Waals surface area (Å²) in [5.41, 5.74) is 0. The Labute approximate surface area is 113 Å². The Morgan fingerprint density at radius 3 is 2.00 bits per heavy atom. The van der Waals surface area contributed by atoms with Gasteiger partial charge in [-0.3, -0.25) is 4.79 Å². The number of carboxylic acid groups (broad SMARTS) is 1. The summed E-state index contributed by atoms with van der Waals surface area (Å²) < 4.78 is 2.19. The highest BCUT2D eigenvalue weighted by molar-refractivity contribution is 9.13. The molecule has 0 aliphatic rings. The van der Waals surface area contributed by atoms with Crippen LogP contribution in [0.4, 0.5) is 0 Å². The summed E-state index contributed by atoms with van der Waals surface area (Å²) >= 11 is 6.70. The topological polar surface area (TPSA) is 37.3 Å². The number of hydrogen-bond acceptors (Lipinski definition) is 1. The molecule has 1 N–H and O–H groups in total. The van der Waals surface area contributed by atoms with Gasteiger partial charge in [0.1, 0.15) is 0 Å². The largest absolute Gasteiger partial charge is 0.481 e. The van der Waals surface area contributed by atoms with Gasteiger partial charge in [-0.2, -0.15) is 0 Å². The SMILES string of the molecule is Brc1ccccc1Br.CCCCCC(=O)O. The quantitative estimate of drug-likeness (QED) is 0.786. The van der Waals surface area contributed by atoms with Crippen LogP contribution >= 0.6 is 31.9 Å². The van der Waals surface area contributed by atoms with Crippen molar-refractivity contribution in [1.29, 1.82) is 0 Å². The lowest BCUT2D eigenvalue weighted by molar-refractivity contribution is -0.137. The van der Waals surface area contributed by atoms with Crippen LogP contribution in [0.1, 0.15) is 32.6 Å². The Kier molecular flexibility index (Phi) is 9.63. The van der Waals surface area contributed by atoms with Gasteiger partial charge in [0.15, 0.2) is 0 Å². The molecule has 90 valence electrons. The van der Waals surface area contributed by atoms with E-state index in [1.54, 1.807) is 0 Å². The van der Waals surface area contributed by atoms with Gasteiger partial charge in [-0.05, 0) is 50.4 Å². The monoisotopic (exact) mass is 350 g/mol. The Hall–Kier alpha value is -0.350. The lowest BCUT2D eigenvalue weighted by Gasteiger charge is -1.89. The van der Waals surface area contributed by atoms with Crippen molar-refractivity contribution >= 4 is 37.8 Å². The molecule has 4 heteroatoms. The van der Waals surface area contributed by atoms with Gasteiger partial charge in [0.25, 0.3) is 0 Å². The van der Waals surface area contributed by atoms with E-state index in [1.807, 2.05) is 24.3 Å². The Bertz CT molecular complexity index is 293. The molecular formula is C12H16Br2O2. The molecule has 16 heavy (non-hydrogen) atoms. The van der Waals surface area contributed by atoms with Gasteiger partial charge in [-0.25, -0.2) is 0 Å². The number of carboxylic acids is 1. The lowest BCUT2D eigenvalue weighted by atomic mass is 10.2. The third kappa shape index (κ3) is 8.92. The van der Waals surface area contributed by atoms with E-state index in [4.69, 9.17) is 5.11 Å². The zero-order chi connectivity index (χ0) is 12.4. The highest BCUT2D eigenvalue weighted by atomic mass is 79.9. The molecule has 1 rings (SSSR count). The summed E-state index contributed by atoms with van der Waals surface area (Å²) in [5.74, 6) is -0.682. The maximum Gasteiger partial charge on any atom is 0.303 e. The Morgan fingerprint density at radius 1 is 1.19 bits per heavy atom. The van der Waals surface area contributed by atoms with Crippen molar-refractivity contribution in [2.45, 2.75) is 32.6 Å². The van der Waals surface area contributed by atoms with E-state index in [1.165, 1.54) is 0 Å². The molecule has 0 heterocycles. The van der Waals surface area contributed by atoms with Crippen LogP contribution in [0.25, 0.3) is 0 Å². The summed E-state index contributed by atoms with van der Waals surface area (Å²) in [6.07, 6.45) is 3.28. The first-order valence-corrected chi connectivity index (χ1v) is 6.78. The van der Waals surface area contributed by atoms with Crippen LogP contribution in [-0.4, -0.2) is 11.1 Å². The van der Waals surface area contributed by atoms with Crippen molar-refractivity contribution in [3.8, 4) is 0 Å². The number of unbranched alkanes of at least 4 members (excludes halogenated alkanes) is 2. The highest BCUT2D eigenvalue weighted by Crippen LogP contribution is 2.20. The number of aliphatic carboxylic acids is 1. The zero-order valence-electron chi connectivity index (χ0n) is 9.25. The van der Waals surface area contributed by atoms with E-state index in [0.29, 0.717) is 6.42 Å². The van der Waals surface area contributed by atoms with Gasteiger partial charge in [0.2, 0.25) is 0 Å². The molecule has 0 unspecified atom stereocenters. The molecule has 0 amide bonds. The minimum atomic E-state index is -0.682. The van der Waals surface area contributed by atoms with Crippen LogP contribution in [0.2, 0.25) is 0 Å². The van der Waals surface area contributed by atoms with Gasteiger partial charge in [0.05, 0.1) is 0 Å². The number of halogens is 2. The van der Waals surface area contributed by atoms with Gasteiger partial charge >= 0.3 is 5.97 Å². The molecule has 0 spiro atoms. The van der Waals surface area contributed by atoms with Crippen molar-refractivity contribution in [3.63, 3.8) is 0 Å². The summed E-state index contributed by atoms with van der Waals surface area (Å²) in [6.45, 7) is 2.06. The molecule has 1 aromatic rings. The average Bonchev–Trinajstić information content (AvgIpc) is 2.23. The Morgan fingerprint density at radius 2 is 1.69 bits per heavy atom. The van der Waals surface area contributed by atoms with E-state index in [-0.39, 0.29) is 0 Å². The standard InChI is InChI=1S/C6H4Br2.C6H12O2/c7-5-3-1-2-4-6(5)8;1-2-3-4-5-6(7)8/h1-4H;2-5H2,1H3,(H,7,8). The normalized spacial score (nSPS) is 9.19. The van der Waals surface area contributed by atoms with Crippen molar-refractivity contribution in [3.05, 3.63) is 33.2 Å². The molecule has 1 aromatic carbocycles. The van der Waals surface area contributed by atoms with E-state index in [2.05, 4.69) is 38.8 Å². The summed E-state index contributed by atoms with van der Waals surface area (Å²) in [5, 5.41) is 8.14. The first-order chi connectivity index (χ1) is 7.57. The van der Waals surface area contributed by atoms with Crippen molar-refractivity contribution in [1.82, 2.24) is 0 Å². The van der Waals surface area contributed by atoms with Crippen LogP contribution in [-0.2, 0) is 4.79 Å². The molecule has 0 saturated heterocycles. The van der Waals surface area contributed by atoms with Crippen LogP contribution in [0.3, 0.4) is 0 Å². The van der Waals surface area contributed by atoms with Crippen LogP contribution in [0, 0.1) is 0 Å². The molecule has 0 aliphatic carbocycles. The van der Waals surface area contributed by atoms with Crippen LogP contribution in [0.5, 0.6) is 0 Å². The molecule has 2 nitrogen and oxygen atoms in total. The van der Waals surface area contributed by atoms with Gasteiger partial charge < -0.3 is 5.11 Å². The minimum Gasteiger partial charge on any atom is -0.481 e. The van der Waals surface area contributed by atoms with E-state index < -0.39 is 5.97 Å². The maximum atomic E-state index is 9.87. The number of carbonyl (C=O) groups is 1.